The number of furan rings is 1. The van der Waals surface area contributed by atoms with Crippen LogP contribution < -0.4 is 5.73 Å². The van der Waals surface area contributed by atoms with E-state index in [0.717, 1.165) is 24.4 Å². The number of aryl methyl sites for hydroxylation is 1. The summed E-state index contributed by atoms with van der Waals surface area (Å²) in [5, 5.41) is 0. The molecule has 1 aromatic heterocycles. The minimum Gasteiger partial charge on any atom is -0.460 e. The number of hydrogen-bond donors (Lipinski definition) is 1. The molecule has 0 saturated heterocycles. The van der Waals surface area contributed by atoms with E-state index in [1.54, 1.807) is 0 Å². The van der Waals surface area contributed by atoms with Crippen LogP contribution in [0.3, 0.4) is 0 Å². The highest BCUT2D eigenvalue weighted by Crippen LogP contribution is 2.11. The molecule has 2 aromatic rings. The molecular weight excluding hydrogens is 234 g/mol. The molecule has 19 heavy (non-hydrogen) atoms. The average molecular weight is 255 g/mol. The van der Waals surface area contributed by atoms with Crippen molar-refractivity contribution in [3.8, 4) is 0 Å². The highest BCUT2D eigenvalue weighted by molar-refractivity contribution is 5.42. The summed E-state index contributed by atoms with van der Waals surface area (Å²) < 4.78 is 5.50. The molecule has 2 heteroatoms. The van der Waals surface area contributed by atoms with Crippen LogP contribution in [0.4, 0.5) is 0 Å². The molecule has 0 bridgehead atoms. The monoisotopic (exact) mass is 255 g/mol. The summed E-state index contributed by atoms with van der Waals surface area (Å²) in [7, 11) is 0. The van der Waals surface area contributed by atoms with Crippen molar-refractivity contribution in [2.75, 3.05) is 0 Å². The second-order valence-corrected chi connectivity index (χ2v) is 4.64. The van der Waals surface area contributed by atoms with Gasteiger partial charge < -0.3 is 10.2 Å². The normalized spacial score (nSPS) is 11.2. The first-order chi connectivity index (χ1) is 9.38. The Hall–Kier alpha value is -1.80. The van der Waals surface area contributed by atoms with E-state index in [2.05, 4.69) is 36.4 Å². The highest BCUT2D eigenvalue weighted by atomic mass is 16.3. The van der Waals surface area contributed by atoms with Crippen molar-refractivity contribution in [1.82, 2.24) is 0 Å². The SMILES string of the molecule is NCc1ccc(/C=C/CCCCc2ccccc2)o1. The first kappa shape index (κ1) is 13.6. The summed E-state index contributed by atoms with van der Waals surface area (Å²) in [6, 6.07) is 14.5. The summed E-state index contributed by atoms with van der Waals surface area (Å²) in [5.74, 6) is 1.73. The lowest BCUT2D eigenvalue weighted by atomic mass is 10.1. The largest absolute Gasteiger partial charge is 0.460 e. The number of hydrogen-bond acceptors (Lipinski definition) is 2. The maximum atomic E-state index is 5.50. The molecule has 0 atom stereocenters. The lowest BCUT2D eigenvalue weighted by Crippen LogP contribution is -1.92. The van der Waals surface area contributed by atoms with E-state index in [4.69, 9.17) is 10.2 Å². The third kappa shape index (κ3) is 4.76. The molecule has 1 aromatic carbocycles. The van der Waals surface area contributed by atoms with Gasteiger partial charge in [0.25, 0.3) is 0 Å². The summed E-state index contributed by atoms with van der Waals surface area (Å²) in [6.45, 7) is 0.463. The maximum Gasteiger partial charge on any atom is 0.126 e. The zero-order valence-corrected chi connectivity index (χ0v) is 11.2. The van der Waals surface area contributed by atoms with Gasteiger partial charge in [0.2, 0.25) is 0 Å². The molecule has 2 nitrogen and oxygen atoms in total. The van der Waals surface area contributed by atoms with Gasteiger partial charge in [-0.15, -0.1) is 0 Å². The van der Waals surface area contributed by atoms with E-state index >= 15 is 0 Å². The molecule has 0 radical (unpaired) electrons. The van der Waals surface area contributed by atoms with E-state index in [1.165, 1.54) is 18.4 Å². The Morgan fingerprint density at radius 2 is 1.84 bits per heavy atom. The molecule has 0 aliphatic carbocycles. The van der Waals surface area contributed by atoms with Gasteiger partial charge in [0, 0.05) is 0 Å². The zero-order valence-electron chi connectivity index (χ0n) is 11.2. The molecule has 100 valence electrons. The van der Waals surface area contributed by atoms with E-state index < -0.39 is 0 Å². The molecule has 0 fully saturated rings. The van der Waals surface area contributed by atoms with Crippen LogP contribution in [-0.4, -0.2) is 0 Å². The van der Waals surface area contributed by atoms with Gasteiger partial charge in [-0.1, -0.05) is 36.4 Å². The predicted octanol–water partition coefficient (Wildman–Crippen LogP) is 4.16. The number of benzene rings is 1. The van der Waals surface area contributed by atoms with Gasteiger partial charge in [0.15, 0.2) is 0 Å². The Balaban J connectivity index is 1.64. The highest BCUT2D eigenvalue weighted by Gasteiger charge is 1.95. The van der Waals surface area contributed by atoms with Crippen molar-refractivity contribution in [2.45, 2.75) is 32.2 Å². The second-order valence-electron chi connectivity index (χ2n) is 4.64. The lowest BCUT2D eigenvalue weighted by Gasteiger charge is -1.99. The Labute approximate surface area is 114 Å². The average Bonchev–Trinajstić information content (AvgIpc) is 2.92. The van der Waals surface area contributed by atoms with Crippen LogP contribution in [0.5, 0.6) is 0 Å². The van der Waals surface area contributed by atoms with Gasteiger partial charge in [-0.05, 0) is 49.5 Å². The quantitative estimate of drug-likeness (QED) is 0.754. The number of unbranched alkanes of at least 4 members (excludes halogenated alkanes) is 2. The molecule has 0 aliphatic heterocycles. The minimum atomic E-state index is 0.463. The first-order valence-corrected chi connectivity index (χ1v) is 6.88. The Morgan fingerprint density at radius 3 is 2.58 bits per heavy atom. The fourth-order valence-corrected chi connectivity index (χ4v) is 2.03. The fraction of sp³-hybridized carbons (Fsp3) is 0.294. The second kappa shape index (κ2) is 7.59. The van der Waals surface area contributed by atoms with E-state index in [1.807, 2.05) is 18.2 Å². The van der Waals surface area contributed by atoms with Crippen LogP contribution >= 0.6 is 0 Å². The van der Waals surface area contributed by atoms with Crippen LogP contribution in [-0.2, 0) is 13.0 Å². The molecule has 0 amide bonds. The molecule has 0 aliphatic rings. The zero-order chi connectivity index (χ0) is 13.3. The van der Waals surface area contributed by atoms with Crippen LogP contribution in [0.1, 0.15) is 36.3 Å². The lowest BCUT2D eigenvalue weighted by molar-refractivity contribution is 0.504. The molecule has 0 saturated carbocycles. The van der Waals surface area contributed by atoms with Crippen molar-refractivity contribution in [1.29, 1.82) is 0 Å². The van der Waals surface area contributed by atoms with Crippen molar-refractivity contribution in [3.63, 3.8) is 0 Å². The molecule has 2 N–H and O–H groups in total. The number of allylic oxidation sites excluding steroid dienone is 1. The molecule has 0 unspecified atom stereocenters. The third-order valence-electron chi connectivity index (χ3n) is 3.09. The van der Waals surface area contributed by atoms with Crippen LogP contribution in [0.2, 0.25) is 0 Å². The van der Waals surface area contributed by atoms with Gasteiger partial charge in [0.1, 0.15) is 11.5 Å². The van der Waals surface area contributed by atoms with Gasteiger partial charge in [0.05, 0.1) is 6.54 Å². The summed E-state index contributed by atoms with van der Waals surface area (Å²) in [5.41, 5.74) is 6.92. The van der Waals surface area contributed by atoms with Crippen LogP contribution in [0.15, 0.2) is 53.0 Å². The third-order valence-corrected chi connectivity index (χ3v) is 3.09. The topological polar surface area (TPSA) is 39.2 Å². The predicted molar refractivity (Wildman–Crippen MR) is 79.6 cm³/mol. The first-order valence-electron chi connectivity index (χ1n) is 6.88. The van der Waals surface area contributed by atoms with Crippen LogP contribution in [0, 0.1) is 0 Å². The van der Waals surface area contributed by atoms with Crippen molar-refractivity contribution >= 4 is 6.08 Å². The molecule has 1 heterocycles. The van der Waals surface area contributed by atoms with Gasteiger partial charge >= 0.3 is 0 Å². The Bertz CT molecular complexity index is 499. The summed E-state index contributed by atoms with van der Waals surface area (Å²) in [4.78, 5) is 0. The molecular formula is C17H21NO. The summed E-state index contributed by atoms with van der Waals surface area (Å²) in [6.07, 6.45) is 8.88. The molecule has 0 spiro atoms. The van der Waals surface area contributed by atoms with E-state index in [9.17, 15) is 0 Å². The molecule has 2 rings (SSSR count). The van der Waals surface area contributed by atoms with Crippen molar-refractivity contribution in [3.05, 3.63) is 65.6 Å². The number of nitrogens with two attached hydrogens (primary N) is 1. The van der Waals surface area contributed by atoms with Gasteiger partial charge in [-0.2, -0.15) is 0 Å². The van der Waals surface area contributed by atoms with E-state index in [0.29, 0.717) is 6.54 Å². The van der Waals surface area contributed by atoms with Gasteiger partial charge in [-0.25, -0.2) is 0 Å². The van der Waals surface area contributed by atoms with Crippen LogP contribution in [0.25, 0.3) is 6.08 Å². The maximum absolute atomic E-state index is 5.50. The van der Waals surface area contributed by atoms with Crippen molar-refractivity contribution < 1.29 is 4.42 Å². The fourth-order valence-electron chi connectivity index (χ4n) is 2.03. The number of rotatable bonds is 7. The summed E-state index contributed by atoms with van der Waals surface area (Å²) >= 11 is 0. The van der Waals surface area contributed by atoms with Crippen molar-refractivity contribution in [2.24, 2.45) is 5.73 Å². The smallest absolute Gasteiger partial charge is 0.126 e. The van der Waals surface area contributed by atoms with Gasteiger partial charge in [-0.3, -0.25) is 0 Å². The Kier molecular flexibility index (Phi) is 5.45. The minimum absolute atomic E-state index is 0.463. The van der Waals surface area contributed by atoms with E-state index in [-0.39, 0.29) is 0 Å². The standard InChI is InChI=1S/C17H21NO/c18-14-17-13-12-16(19-17)11-7-2-1-4-8-15-9-5-3-6-10-15/h3,5-7,9-13H,1-2,4,8,14,18H2/b11-7+. The Morgan fingerprint density at radius 1 is 1.00 bits per heavy atom.